The molecule has 0 radical (unpaired) electrons. The molecule has 1 aliphatic rings. The van der Waals surface area contributed by atoms with E-state index >= 15 is 0 Å². The SMILES string of the molecule is COC(=O)CC[C@@H]1N=C(c2ccc(-c3ccc(OCC(=O)OC(C)(C)C)c(C#N)c3)cc2)c2c(sc(C)c2C)-n2c(C)nnc21. The van der Waals surface area contributed by atoms with E-state index in [2.05, 4.69) is 34.7 Å². The minimum absolute atomic E-state index is 0.202. The number of aliphatic imine (C=N–C) groups is 1. The molecule has 0 spiro atoms. The van der Waals surface area contributed by atoms with Crippen LogP contribution in [-0.4, -0.2) is 51.7 Å². The summed E-state index contributed by atoms with van der Waals surface area (Å²) in [5, 5.41) is 19.6. The van der Waals surface area contributed by atoms with E-state index in [0.717, 1.165) is 44.4 Å². The van der Waals surface area contributed by atoms with Crippen LogP contribution in [0.15, 0.2) is 47.5 Å². The van der Waals surface area contributed by atoms with Crippen molar-refractivity contribution in [2.45, 2.75) is 66.0 Å². The summed E-state index contributed by atoms with van der Waals surface area (Å²) in [5.74, 6) is 0.961. The molecule has 5 rings (SSSR count). The molecule has 45 heavy (non-hydrogen) atoms. The molecule has 3 heterocycles. The zero-order valence-electron chi connectivity index (χ0n) is 26.4. The normalized spacial score (nSPS) is 14.0. The largest absolute Gasteiger partial charge is 0.481 e. The summed E-state index contributed by atoms with van der Waals surface area (Å²) in [6, 6.07) is 15.1. The molecule has 0 aliphatic carbocycles. The first-order valence-corrected chi connectivity index (χ1v) is 15.4. The van der Waals surface area contributed by atoms with E-state index in [-0.39, 0.29) is 19.0 Å². The quantitative estimate of drug-likeness (QED) is 0.207. The maximum Gasteiger partial charge on any atom is 0.344 e. The predicted molar refractivity (Wildman–Crippen MR) is 171 cm³/mol. The third-order valence-electron chi connectivity index (χ3n) is 7.45. The fraction of sp³-hybridized carbons (Fsp3) is 0.353. The van der Waals surface area contributed by atoms with Crippen molar-refractivity contribution in [2.24, 2.45) is 4.99 Å². The van der Waals surface area contributed by atoms with Crippen molar-refractivity contribution in [3.8, 4) is 27.9 Å². The highest BCUT2D eigenvalue weighted by atomic mass is 32.1. The Hall–Kier alpha value is -4.82. The Bertz CT molecular complexity index is 1840. The number of carbonyl (C=O) groups excluding carboxylic acids is 2. The number of carbonyl (C=O) groups is 2. The number of nitriles is 1. The van der Waals surface area contributed by atoms with Crippen molar-refractivity contribution in [1.29, 1.82) is 5.26 Å². The molecule has 11 heteroatoms. The second-order valence-corrected chi connectivity index (χ2v) is 13.0. The van der Waals surface area contributed by atoms with Gasteiger partial charge in [-0.1, -0.05) is 30.3 Å². The van der Waals surface area contributed by atoms with Crippen LogP contribution in [0, 0.1) is 32.1 Å². The minimum Gasteiger partial charge on any atom is -0.481 e. The smallest absolute Gasteiger partial charge is 0.344 e. The lowest BCUT2D eigenvalue weighted by molar-refractivity contribution is -0.157. The zero-order chi connectivity index (χ0) is 32.5. The molecule has 0 saturated heterocycles. The van der Waals surface area contributed by atoms with E-state index in [4.69, 9.17) is 19.2 Å². The monoisotopic (exact) mass is 625 g/mol. The van der Waals surface area contributed by atoms with E-state index in [1.807, 2.05) is 37.3 Å². The van der Waals surface area contributed by atoms with E-state index in [0.29, 0.717) is 23.6 Å². The molecule has 2 aromatic heterocycles. The van der Waals surface area contributed by atoms with E-state index in [1.165, 1.54) is 12.0 Å². The first-order chi connectivity index (χ1) is 21.4. The van der Waals surface area contributed by atoms with Crippen molar-refractivity contribution in [1.82, 2.24) is 14.8 Å². The van der Waals surface area contributed by atoms with Gasteiger partial charge >= 0.3 is 11.9 Å². The van der Waals surface area contributed by atoms with E-state index in [9.17, 15) is 14.9 Å². The summed E-state index contributed by atoms with van der Waals surface area (Å²) >= 11 is 1.67. The number of esters is 2. The average Bonchev–Trinajstić information content (AvgIpc) is 3.48. The molecule has 4 aromatic rings. The lowest BCUT2D eigenvalue weighted by Crippen LogP contribution is -2.27. The summed E-state index contributed by atoms with van der Waals surface area (Å²) < 4.78 is 17.9. The molecule has 0 fully saturated rings. The summed E-state index contributed by atoms with van der Waals surface area (Å²) in [6.07, 6.45) is 0.631. The number of rotatable bonds is 8. The van der Waals surface area contributed by atoms with E-state index < -0.39 is 17.6 Å². The summed E-state index contributed by atoms with van der Waals surface area (Å²) in [7, 11) is 1.38. The highest BCUT2D eigenvalue weighted by Gasteiger charge is 2.31. The Labute approximate surface area is 266 Å². The van der Waals surface area contributed by atoms with Crippen molar-refractivity contribution in [3.63, 3.8) is 0 Å². The predicted octanol–water partition coefficient (Wildman–Crippen LogP) is 6.36. The Kier molecular flexibility index (Phi) is 8.89. The van der Waals surface area contributed by atoms with Gasteiger partial charge in [0.25, 0.3) is 0 Å². The van der Waals surface area contributed by atoms with Gasteiger partial charge in [0, 0.05) is 22.4 Å². The van der Waals surface area contributed by atoms with Crippen molar-refractivity contribution >= 4 is 29.0 Å². The Morgan fingerprint density at radius 2 is 1.69 bits per heavy atom. The molecule has 1 aliphatic heterocycles. The number of fused-ring (bicyclic) bond motifs is 3. The number of ether oxygens (including phenoxy) is 3. The molecule has 0 N–H and O–H groups in total. The van der Waals surface area contributed by atoms with Gasteiger partial charge in [0.05, 0.1) is 18.4 Å². The number of methoxy groups -OCH3 is 1. The van der Waals surface area contributed by atoms with Gasteiger partial charge < -0.3 is 14.2 Å². The van der Waals surface area contributed by atoms with Gasteiger partial charge in [-0.25, -0.2) is 4.79 Å². The van der Waals surface area contributed by atoms with Crippen LogP contribution in [0.2, 0.25) is 0 Å². The third kappa shape index (κ3) is 6.66. The van der Waals surface area contributed by atoms with Gasteiger partial charge in [-0.2, -0.15) is 5.26 Å². The fourth-order valence-corrected chi connectivity index (χ4v) is 6.40. The zero-order valence-corrected chi connectivity index (χ0v) is 27.2. The third-order valence-corrected chi connectivity index (χ3v) is 8.64. The van der Waals surface area contributed by atoms with Crippen molar-refractivity contribution < 1.29 is 23.8 Å². The minimum atomic E-state index is -0.624. The van der Waals surface area contributed by atoms with Crippen molar-refractivity contribution in [3.05, 3.63) is 81.2 Å². The first-order valence-electron chi connectivity index (χ1n) is 14.6. The number of aromatic nitrogens is 3. The number of nitrogens with zero attached hydrogens (tertiary/aromatic N) is 5. The van der Waals surface area contributed by atoms with Crippen LogP contribution >= 0.6 is 11.3 Å². The van der Waals surface area contributed by atoms with Crippen molar-refractivity contribution in [2.75, 3.05) is 13.7 Å². The molecular formula is C34H35N5O5S. The molecule has 0 saturated carbocycles. The van der Waals surface area contributed by atoms with Crippen LogP contribution in [0.25, 0.3) is 16.1 Å². The summed E-state index contributed by atoms with van der Waals surface area (Å²) in [5.41, 5.74) is 5.30. The van der Waals surface area contributed by atoms with Gasteiger partial charge in [0.1, 0.15) is 34.3 Å². The molecule has 2 aromatic carbocycles. The van der Waals surface area contributed by atoms with Crippen LogP contribution in [0.4, 0.5) is 0 Å². The average molecular weight is 626 g/mol. The van der Waals surface area contributed by atoms with Crippen LogP contribution in [0.3, 0.4) is 0 Å². The Morgan fingerprint density at radius 3 is 2.36 bits per heavy atom. The summed E-state index contributed by atoms with van der Waals surface area (Å²) in [4.78, 5) is 30.6. The highest BCUT2D eigenvalue weighted by Crippen LogP contribution is 2.40. The molecule has 0 amide bonds. The van der Waals surface area contributed by atoms with Crippen LogP contribution < -0.4 is 4.74 Å². The highest BCUT2D eigenvalue weighted by molar-refractivity contribution is 7.15. The Morgan fingerprint density at radius 1 is 1.00 bits per heavy atom. The van der Waals surface area contributed by atoms with Crippen LogP contribution in [0.1, 0.15) is 78.4 Å². The van der Waals surface area contributed by atoms with Gasteiger partial charge in [0.15, 0.2) is 12.4 Å². The van der Waals surface area contributed by atoms with Gasteiger partial charge in [-0.05, 0) is 76.8 Å². The molecule has 0 unspecified atom stereocenters. The lowest BCUT2D eigenvalue weighted by atomic mass is 9.96. The van der Waals surface area contributed by atoms with Gasteiger partial charge in [-0.3, -0.25) is 14.4 Å². The number of hydrogen-bond donors (Lipinski definition) is 0. The standard InChI is InChI=1S/C34H35N5O5S/c1-19-20(2)45-33-30(19)31(36-26(13-15-28(40)42-7)32-38-37-21(3)39(32)33)23-10-8-22(9-11-23)24-12-14-27(25(16-24)17-35)43-18-29(41)44-34(4,5)6/h8-12,14,16,26H,13,15,18H2,1-7H3/t26-/m0/s1. The van der Waals surface area contributed by atoms with Gasteiger partial charge in [0.2, 0.25) is 0 Å². The lowest BCUT2D eigenvalue weighted by Gasteiger charge is -2.19. The second-order valence-electron chi connectivity index (χ2n) is 11.8. The molecule has 1 atom stereocenters. The van der Waals surface area contributed by atoms with Crippen LogP contribution in [0.5, 0.6) is 5.75 Å². The number of benzene rings is 2. The Balaban J connectivity index is 1.48. The molecule has 10 nitrogen and oxygen atoms in total. The fourth-order valence-electron chi connectivity index (χ4n) is 5.19. The second kappa shape index (κ2) is 12.7. The summed E-state index contributed by atoms with van der Waals surface area (Å²) in [6.45, 7) is 11.2. The van der Waals surface area contributed by atoms with Gasteiger partial charge in [-0.15, -0.1) is 21.5 Å². The maximum atomic E-state index is 12.1. The maximum absolute atomic E-state index is 12.1. The topological polar surface area (TPSA) is 129 Å². The van der Waals surface area contributed by atoms with E-state index in [1.54, 1.807) is 44.2 Å². The number of thiophene rings is 1. The molecule has 232 valence electrons. The molecular weight excluding hydrogens is 590 g/mol. The first kappa shape index (κ1) is 31.6. The van der Waals surface area contributed by atoms with Crippen LogP contribution in [-0.2, 0) is 19.1 Å². The molecule has 0 bridgehead atoms. The number of hydrogen-bond acceptors (Lipinski definition) is 10. The number of aryl methyl sites for hydroxylation is 2.